The lowest BCUT2D eigenvalue weighted by Crippen LogP contribution is -2.24. The van der Waals surface area contributed by atoms with Crippen molar-refractivity contribution < 1.29 is 15.2 Å². The predicted octanol–water partition coefficient (Wildman–Crippen LogP) is 0.291. The number of nitrogens with two attached hydrogens (primary N) is 1. The van der Waals surface area contributed by atoms with Crippen molar-refractivity contribution in [2.75, 3.05) is 18.5 Å². The Bertz CT molecular complexity index is 518. The van der Waals surface area contributed by atoms with E-state index in [0.717, 1.165) is 0 Å². The van der Waals surface area contributed by atoms with E-state index < -0.39 is 11.0 Å². The minimum absolute atomic E-state index is 0.158. The monoisotopic (exact) mass is 283 g/mol. The van der Waals surface area contributed by atoms with E-state index in [2.05, 4.69) is 10.1 Å². The minimum atomic E-state index is -0.588. The molecule has 0 radical (unpaired) electrons. The van der Waals surface area contributed by atoms with Gasteiger partial charge in [-0.05, 0) is 13.3 Å². The van der Waals surface area contributed by atoms with E-state index in [0.29, 0.717) is 13.0 Å². The number of hydrogen-bond acceptors (Lipinski definition) is 7. The van der Waals surface area contributed by atoms with E-state index in [1.165, 1.54) is 12.3 Å². The number of amidine groups is 1. The summed E-state index contributed by atoms with van der Waals surface area (Å²) in [7, 11) is 1.64. The lowest BCUT2D eigenvalue weighted by molar-refractivity contribution is -0.384. The number of anilines is 1. The first-order chi connectivity index (χ1) is 9.36. The van der Waals surface area contributed by atoms with Crippen LogP contribution in [0.25, 0.3) is 0 Å². The summed E-state index contributed by atoms with van der Waals surface area (Å²) in [6, 6.07) is 1.19. The van der Waals surface area contributed by atoms with Crippen molar-refractivity contribution in [3.05, 3.63) is 27.9 Å². The molecule has 1 rings (SSSR count). The largest absolute Gasteiger partial charge is 0.409 e. The molecule has 0 saturated heterocycles. The maximum Gasteiger partial charge on any atom is 0.312 e. The van der Waals surface area contributed by atoms with Gasteiger partial charge in [-0.1, -0.05) is 5.16 Å². The number of hydrogen-bond donors (Lipinski definition) is 3. The zero-order valence-electron chi connectivity index (χ0n) is 11.2. The first-order valence-electron chi connectivity index (χ1n) is 5.88. The summed E-state index contributed by atoms with van der Waals surface area (Å²) in [5, 5.41) is 31.7. The van der Waals surface area contributed by atoms with Crippen molar-refractivity contribution in [1.29, 1.82) is 0 Å². The predicted molar refractivity (Wildman–Crippen MR) is 73.0 cm³/mol. The van der Waals surface area contributed by atoms with Gasteiger partial charge >= 0.3 is 5.69 Å². The van der Waals surface area contributed by atoms with Gasteiger partial charge in [0.05, 0.1) is 11.0 Å². The Labute approximate surface area is 115 Å². The summed E-state index contributed by atoms with van der Waals surface area (Å²) < 4.78 is 0. The van der Waals surface area contributed by atoms with Gasteiger partial charge in [-0.3, -0.25) is 10.1 Å². The number of aliphatic hydroxyl groups excluding tert-OH is 1. The van der Waals surface area contributed by atoms with Crippen LogP contribution >= 0.6 is 0 Å². The number of pyridine rings is 1. The average molecular weight is 283 g/mol. The first-order valence-corrected chi connectivity index (χ1v) is 5.88. The molecule has 1 heterocycles. The smallest absolute Gasteiger partial charge is 0.312 e. The summed E-state index contributed by atoms with van der Waals surface area (Å²) in [4.78, 5) is 16.0. The number of nitrogens with zero attached hydrogens (tertiary/aromatic N) is 4. The molecule has 9 nitrogen and oxygen atoms in total. The number of aromatic nitrogens is 1. The van der Waals surface area contributed by atoms with Gasteiger partial charge in [0.15, 0.2) is 5.84 Å². The van der Waals surface area contributed by atoms with Crippen LogP contribution in [0.5, 0.6) is 0 Å². The molecular weight excluding hydrogens is 266 g/mol. The molecule has 1 atom stereocenters. The number of oxime groups is 1. The highest BCUT2D eigenvalue weighted by Crippen LogP contribution is 2.25. The van der Waals surface area contributed by atoms with Crippen molar-refractivity contribution in [2.24, 2.45) is 10.9 Å². The fourth-order valence-electron chi connectivity index (χ4n) is 1.56. The van der Waals surface area contributed by atoms with E-state index in [1.807, 2.05) is 0 Å². The second-order valence-electron chi connectivity index (χ2n) is 4.37. The van der Waals surface area contributed by atoms with Crippen LogP contribution in [0.1, 0.15) is 18.9 Å². The molecule has 1 unspecified atom stereocenters. The molecule has 9 heteroatoms. The Morgan fingerprint density at radius 3 is 2.85 bits per heavy atom. The average Bonchev–Trinajstić information content (AvgIpc) is 2.43. The summed E-state index contributed by atoms with van der Waals surface area (Å²) in [5.74, 6) is -0.0936. The molecule has 0 aliphatic carbocycles. The Balaban J connectivity index is 3.10. The van der Waals surface area contributed by atoms with Crippen molar-refractivity contribution >= 4 is 17.3 Å². The van der Waals surface area contributed by atoms with Gasteiger partial charge in [0.25, 0.3) is 0 Å². The zero-order chi connectivity index (χ0) is 15.3. The van der Waals surface area contributed by atoms with E-state index in [1.54, 1.807) is 18.9 Å². The molecule has 0 saturated carbocycles. The van der Waals surface area contributed by atoms with Crippen molar-refractivity contribution in [3.8, 4) is 0 Å². The SMILES string of the molecule is CC(O)CCN(C)c1ncc(C(N)=NO)cc1[N+](=O)[O-]. The van der Waals surface area contributed by atoms with Crippen molar-refractivity contribution in [2.45, 2.75) is 19.4 Å². The summed E-state index contributed by atoms with van der Waals surface area (Å²) in [6.45, 7) is 2.05. The van der Waals surface area contributed by atoms with Gasteiger partial charge in [0.2, 0.25) is 5.82 Å². The van der Waals surface area contributed by atoms with Crippen LogP contribution in [0, 0.1) is 10.1 Å². The normalized spacial score (nSPS) is 13.1. The Morgan fingerprint density at radius 2 is 2.35 bits per heavy atom. The van der Waals surface area contributed by atoms with Gasteiger partial charge in [-0.25, -0.2) is 4.98 Å². The Kier molecular flexibility index (Phi) is 5.21. The third kappa shape index (κ3) is 3.79. The Hall–Kier alpha value is -2.42. The van der Waals surface area contributed by atoms with E-state index in [-0.39, 0.29) is 22.9 Å². The van der Waals surface area contributed by atoms with E-state index in [9.17, 15) is 15.2 Å². The summed E-state index contributed by atoms with van der Waals surface area (Å²) >= 11 is 0. The van der Waals surface area contributed by atoms with Crippen LogP contribution in [-0.2, 0) is 0 Å². The van der Waals surface area contributed by atoms with Gasteiger partial charge in [0, 0.05) is 31.4 Å². The highest BCUT2D eigenvalue weighted by molar-refractivity contribution is 5.97. The van der Waals surface area contributed by atoms with Gasteiger partial charge < -0.3 is 20.9 Å². The maximum absolute atomic E-state index is 11.1. The second-order valence-corrected chi connectivity index (χ2v) is 4.37. The fraction of sp³-hybridized carbons (Fsp3) is 0.455. The highest BCUT2D eigenvalue weighted by atomic mass is 16.6. The van der Waals surface area contributed by atoms with Crippen LogP contribution in [-0.4, -0.2) is 45.8 Å². The number of rotatable bonds is 6. The molecule has 0 aromatic carbocycles. The molecule has 0 fully saturated rings. The van der Waals surface area contributed by atoms with Crippen molar-refractivity contribution in [3.63, 3.8) is 0 Å². The first kappa shape index (κ1) is 15.6. The highest BCUT2D eigenvalue weighted by Gasteiger charge is 2.21. The molecule has 20 heavy (non-hydrogen) atoms. The lowest BCUT2D eigenvalue weighted by Gasteiger charge is -2.18. The third-order valence-electron chi connectivity index (χ3n) is 2.69. The second kappa shape index (κ2) is 6.66. The molecule has 0 bridgehead atoms. The number of aliphatic hydroxyl groups is 1. The fourth-order valence-corrected chi connectivity index (χ4v) is 1.56. The van der Waals surface area contributed by atoms with Crippen molar-refractivity contribution in [1.82, 2.24) is 4.98 Å². The molecule has 0 spiro atoms. The zero-order valence-corrected chi connectivity index (χ0v) is 11.2. The molecule has 110 valence electrons. The molecular formula is C11H17N5O4. The molecule has 4 N–H and O–H groups in total. The molecule has 1 aromatic heterocycles. The topological polar surface area (TPSA) is 138 Å². The van der Waals surface area contributed by atoms with Crippen LogP contribution < -0.4 is 10.6 Å². The molecule has 1 aromatic rings. The number of nitro groups is 1. The van der Waals surface area contributed by atoms with Crippen LogP contribution in [0.15, 0.2) is 17.4 Å². The van der Waals surface area contributed by atoms with Crippen LogP contribution in [0.4, 0.5) is 11.5 Å². The molecule has 0 aliphatic heterocycles. The quantitative estimate of drug-likeness (QED) is 0.224. The molecule has 0 amide bonds. The summed E-state index contributed by atoms with van der Waals surface area (Å²) in [5.41, 5.74) is 5.29. The lowest BCUT2D eigenvalue weighted by atomic mass is 10.2. The van der Waals surface area contributed by atoms with E-state index >= 15 is 0 Å². The standard InChI is InChI=1S/C11H17N5O4/c1-7(17)3-4-15(2)11-9(16(19)20)5-8(6-13-11)10(12)14-18/h5-7,17-18H,3-4H2,1-2H3,(H2,12,14). The van der Waals surface area contributed by atoms with Crippen LogP contribution in [0.3, 0.4) is 0 Å². The maximum atomic E-state index is 11.1. The van der Waals surface area contributed by atoms with Gasteiger partial charge in [-0.15, -0.1) is 0 Å². The van der Waals surface area contributed by atoms with Gasteiger partial charge in [0.1, 0.15) is 0 Å². The minimum Gasteiger partial charge on any atom is -0.409 e. The third-order valence-corrected chi connectivity index (χ3v) is 2.69. The molecule has 0 aliphatic rings. The van der Waals surface area contributed by atoms with Crippen LogP contribution in [0.2, 0.25) is 0 Å². The van der Waals surface area contributed by atoms with E-state index in [4.69, 9.17) is 10.9 Å². The Morgan fingerprint density at radius 1 is 1.70 bits per heavy atom. The van der Waals surface area contributed by atoms with Gasteiger partial charge in [-0.2, -0.15) is 0 Å². The summed E-state index contributed by atoms with van der Waals surface area (Å²) in [6.07, 6.45) is 1.24.